The van der Waals surface area contributed by atoms with E-state index >= 15 is 0 Å². The SMILES string of the molecule is COc1csc(C(NN)c2cnnn2-c2ccccc2)c1. The maximum atomic E-state index is 5.74. The van der Waals surface area contributed by atoms with Crippen LogP contribution in [0.5, 0.6) is 5.75 Å². The average molecular weight is 301 g/mol. The molecule has 0 saturated heterocycles. The number of ether oxygens (including phenoxy) is 1. The third-order valence-corrected chi connectivity index (χ3v) is 4.13. The summed E-state index contributed by atoms with van der Waals surface area (Å²) in [5, 5.41) is 10.1. The number of para-hydroxylation sites is 1. The van der Waals surface area contributed by atoms with Gasteiger partial charge in [-0.05, 0) is 18.2 Å². The lowest BCUT2D eigenvalue weighted by Gasteiger charge is -2.15. The van der Waals surface area contributed by atoms with Crippen LogP contribution in [0.1, 0.15) is 16.6 Å². The minimum absolute atomic E-state index is 0.200. The fourth-order valence-corrected chi connectivity index (χ4v) is 3.04. The summed E-state index contributed by atoms with van der Waals surface area (Å²) in [5.74, 6) is 6.55. The van der Waals surface area contributed by atoms with Crippen LogP contribution in [-0.2, 0) is 0 Å². The van der Waals surface area contributed by atoms with Gasteiger partial charge in [0.15, 0.2) is 0 Å². The van der Waals surface area contributed by atoms with Crippen LogP contribution in [0.2, 0.25) is 0 Å². The first-order chi connectivity index (χ1) is 10.3. The van der Waals surface area contributed by atoms with Crippen molar-refractivity contribution in [3.8, 4) is 11.4 Å². The zero-order valence-corrected chi connectivity index (χ0v) is 12.2. The molecule has 7 heteroatoms. The molecule has 3 aromatic rings. The van der Waals surface area contributed by atoms with Crippen molar-refractivity contribution in [3.63, 3.8) is 0 Å². The van der Waals surface area contributed by atoms with Crippen LogP contribution in [-0.4, -0.2) is 22.1 Å². The lowest BCUT2D eigenvalue weighted by atomic mass is 10.2. The Morgan fingerprint density at radius 3 is 2.81 bits per heavy atom. The second-order valence-corrected chi connectivity index (χ2v) is 5.34. The number of benzene rings is 1. The Morgan fingerprint density at radius 1 is 1.33 bits per heavy atom. The highest BCUT2D eigenvalue weighted by Gasteiger charge is 2.20. The van der Waals surface area contributed by atoms with Crippen LogP contribution >= 0.6 is 11.3 Å². The molecule has 0 aliphatic rings. The van der Waals surface area contributed by atoms with Gasteiger partial charge in [0, 0.05) is 10.3 Å². The van der Waals surface area contributed by atoms with Gasteiger partial charge in [0.2, 0.25) is 0 Å². The largest absolute Gasteiger partial charge is 0.496 e. The molecular formula is C14H15N5OS. The van der Waals surface area contributed by atoms with E-state index in [9.17, 15) is 0 Å². The Kier molecular flexibility index (Phi) is 3.96. The Labute approximate surface area is 126 Å². The molecular weight excluding hydrogens is 286 g/mol. The fraction of sp³-hybridized carbons (Fsp3) is 0.143. The molecule has 108 valence electrons. The number of nitrogens with zero attached hydrogens (tertiary/aromatic N) is 3. The van der Waals surface area contributed by atoms with Gasteiger partial charge in [0.25, 0.3) is 0 Å². The number of hydrazine groups is 1. The van der Waals surface area contributed by atoms with Crippen molar-refractivity contribution in [2.45, 2.75) is 6.04 Å². The van der Waals surface area contributed by atoms with Crippen LogP contribution in [0.15, 0.2) is 48.0 Å². The molecule has 6 nitrogen and oxygen atoms in total. The third kappa shape index (κ3) is 2.66. The quantitative estimate of drug-likeness (QED) is 0.556. The zero-order chi connectivity index (χ0) is 14.7. The van der Waals surface area contributed by atoms with Crippen molar-refractivity contribution in [3.05, 3.63) is 58.5 Å². The van der Waals surface area contributed by atoms with E-state index in [-0.39, 0.29) is 6.04 Å². The molecule has 0 spiro atoms. The second-order valence-electron chi connectivity index (χ2n) is 4.39. The summed E-state index contributed by atoms with van der Waals surface area (Å²) in [5.41, 5.74) is 4.63. The average Bonchev–Trinajstić information content (AvgIpc) is 3.19. The van der Waals surface area contributed by atoms with Crippen LogP contribution in [0.4, 0.5) is 0 Å². The van der Waals surface area contributed by atoms with E-state index in [0.717, 1.165) is 22.0 Å². The smallest absolute Gasteiger partial charge is 0.129 e. The molecule has 3 rings (SSSR count). The number of nitrogens with one attached hydrogen (secondary N) is 1. The predicted octanol–water partition coefficient (Wildman–Crippen LogP) is 1.89. The summed E-state index contributed by atoms with van der Waals surface area (Å²) in [6, 6.07) is 11.6. The molecule has 0 aliphatic heterocycles. The molecule has 0 amide bonds. The Hall–Kier alpha value is -2.22. The highest BCUT2D eigenvalue weighted by atomic mass is 32.1. The van der Waals surface area contributed by atoms with Crippen LogP contribution < -0.4 is 16.0 Å². The number of rotatable bonds is 5. The molecule has 0 saturated carbocycles. The van der Waals surface area contributed by atoms with Crippen molar-refractivity contribution in [2.75, 3.05) is 7.11 Å². The Balaban J connectivity index is 2.01. The molecule has 1 aromatic carbocycles. The van der Waals surface area contributed by atoms with Gasteiger partial charge < -0.3 is 4.74 Å². The van der Waals surface area contributed by atoms with Gasteiger partial charge in [-0.3, -0.25) is 5.84 Å². The monoisotopic (exact) mass is 301 g/mol. The Morgan fingerprint density at radius 2 is 2.14 bits per heavy atom. The highest BCUT2D eigenvalue weighted by Crippen LogP contribution is 2.30. The molecule has 21 heavy (non-hydrogen) atoms. The van der Waals surface area contributed by atoms with Crippen molar-refractivity contribution in [1.29, 1.82) is 0 Å². The van der Waals surface area contributed by atoms with Gasteiger partial charge in [0.05, 0.1) is 30.7 Å². The molecule has 0 fully saturated rings. The molecule has 0 bridgehead atoms. The summed E-state index contributed by atoms with van der Waals surface area (Å²) in [6.07, 6.45) is 1.71. The van der Waals surface area contributed by atoms with E-state index in [1.165, 1.54) is 0 Å². The van der Waals surface area contributed by atoms with Crippen molar-refractivity contribution in [1.82, 2.24) is 20.4 Å². The normalized spacial score (nSPS) is 12.3. The van der Waals surface area contributed by atoms with Gasteiger partial charge >= 0.3 is 0 Å². The second kappa shape index (κ2) is 6.04. The molecule has 3 N–H and O–H groups in total. The minimum atomic E-state index is -0.200. The standard InChI is InChI=1S/C14H15N5OS/c1-20-11-7-13(21-9-11)14(17-15)12-8-16-18-19(12)10-5-3-2-4-6-10/h2-9,14,17H,15H2,1H3. The van der Waals surface area contributed by atoms with Crippen LogP contribution in [0, 0.1) is 0 Å². The Bertz CT molecular complexity index is 709. The third-order valence-electron chi connectivity index (χ3n) is 3.15. The van der Waals surface area contributed by atoms with E-state index < -0.39 is 0 Å². The van der Waals surface area contributed by atoms with E-state index in [1.54, 1.807) is 29.3 Å². The van der Waals surface area contributed by atoms with Crippen molar-refractivity contribution < 1.29 is 4.74 Å². The number of aromatic nitrogens is 3. The summed E-state index contributed by atoms with van der Waals surface area (Å²) in [6.45, 7) is 0. The van der Waals surface area contributed by atoms with E-state index in [0.29, 0.717) is 0 Å². The molecule has 2 heterocycles. The first kappa shape index (κ1) is 13.7. The number of nitrogens with two attached hydrogens (primary N) is 1. The fourth-order valence-electron chi connectivity index (χ4n) is 2.12. The number of hydrogen-bond acceptors (Lipinski definition) is 6. The maximum absolute atomic E-state index is 5.74. The zero-order valence-electron chi connectivity index (χ0n) is 11.4. The molecule has 2 aromatic heterocycles. The first-order valence-electron chi connectivity index (χ1n) is 6.38. The maximum Gasteiger partial charge on any atom is 0.129 e. The lowest BCUT2D eigenvalue weighted by molar-refractivity contribution is 0.416. The summed E-state index contributed by atoms with van der Waals surface area (Å²) < 4.78 is 7.00. The lowest BCUT2D eigenvalue weighted by Crippen LogP contribution is -2.29. The van der Waals surface area contributed by atoms with Crippen molar-refractivity contribution >= 4 is 11.3 Å². The van der Waals surface area contributed by atoms with Crippen LogP contribution in [0.25, 0.3) is 5.69 Å². The first-order valence-corrected chi connectivity index (χ1v) is 7.26. The molecule has 1 atom stereocenters. The van der Waals surface area contributed by atoms with Crippen LogP contribution in [0.3, 0.4) is 0 Å². The van der Waals surface area contributed by atoms with Gasteiger partial charge in [-0.25, -0.2) is 10.1 Å². The minimum Gasteiger partial charge on any atom is -0.496 e. The van der Waals surface area contributed by atoms with Crippen molar-refractivity contribution in [2.24, 2.45) is 5.84 Å². The predicted molar refractivity (Wildman–Crippen MR) is 81.4 cm³/mol. The van der Waals surface area contributed by atoms with Gasteiger partial charge in [0.1, 0.15) is 5.75 Å². The van der Waals surface area contributed by atoms with Gasteiger partial charge in [-0.2, -0.15) is 0 Å². The molecule has 0 radical (unpaired) electrons. The summed E-state index contributed by atoms with van der Waals surface area (Å²) in [4.78, 5) is 1.04. The number of methoxy groups -OCH3 is 1. The van der Waals surface area contributed by atoms with E-state index in [2.05, 4.69) is 15.7 Å². The number of thiophene rings is 1. The van der Waals surface area contributed by atoms with E-state index in [4.69, 9.17) is 10.6 Å². The summed E-state index contributed by atoms with van der Waals surface area (Å²) >= 11 is 1.57. The van der Waals surface area contributed by atoms with Gasteiger partial charge in [-0.15, -0.1) is 16.4 Å². The highest BCUT2D eigenvalue weighted by molar-refractivity contribution is 7.10. The summed E-state index contributed by atoms with van der Waals surface area (Å²) in [7, 11) is 1.65. The van der Waals surface area contributed by atoms with E-state index in [1.807, 2.05) is 41.8 Å². The topological polar surface area (TPSA) is 78.0 Å². The number of hydrogen-bond donors (Lipinski definition) is 2. The molecule has 1 unspecified atom stereocenters. The van der Waals surface area contributed by atoms with Gasteiger partial charge in [-0.1, -0.05) is 23.4 Å². The molecule has 0 aliphatic carbocycles.